The number of hydrogen-bond acceptors (Lipinski definition) is 3. The van der Waals surface area contributed by atoms with Crippen LogP contribution < -0.4 is 10.2 Å². The maximum Gasteiger partial charge on any atom is 0.133 e. The number of pyridine rings is 1. The quantitative estimate of drug-likeness (QED) is 0.824. The first-order valence-corrected chi connectivity index (χ1v) is 7.76. The van der Waals surface area contributed by atoms with Crippen LogP contribution in [-0.4, -0.2) is 24.6 Å². The minimum atomic E-state index is 0.489. The summed E-state index contributed by atoms with van der Waals surface area (Å²) in [7, 11) is 2.16. The highest BCUT2D eigenvalue weighted by Gasteiger charge is 2.14. The molecule has 20 heavy (non-hydrogen) atoms. The molecule has 0 saturated heterocycles. The number of aryl methyl sites for hydroxylation is 2. The number of rotatable bonds is 7. The van der Waals surface area contributed by atoms with Crippen LogP contribution in [-0.2, 0) is 6.54 Å². The molecule has 114 valence electrons. The molecule has 1 N–H and O–H groups in total. The first-order valence-electron chi connectivity index (χ1n) is 7.76. The van der Waals surface area contributed by atoms with Crippen molar-refractivity contribution in [2.45, 2.75) is 60.5 Å². The van der Waals surface area contributed by atoms with Gasteiger partial charge in [0.25, 0.3) is 0 Å². The van der Waals surface area contributed by atoms with Gasteiger partial charge in [-0.2, -0.15) is 0 Å². The smallest absolute Gasteiger partial charge is 0.133 e. The number of nitrogens with one attached hydrogen (secondary N) is 1. The SMILES string of the molecule is CCC(C)CN(C)c1nc(C)cc(C)c1CNC(C)C. The molecule has 0 amide bonds. The third-order valence-corrected chi connectivity index (χ3v) is 3.78. The highest BCUT2D eigenvalue weighted by Crippen LogP contribution is 2.23. The van der Waals surface area contributed by atoms with E-state index < -0.39 is 0 Å². The Morgan fingerprint density at radius 3 is 2.45 bits per heavy atom. The Hall–Kier alpha value is -1.09. The first kappa shape index (κ1) is 17.0. The van der Waals surface area contributed by atoms with Crippen molar-refractivity contribution in [1.29, 1.82) is 0 Å². The Kier molecular flexibility index (Phi) is 6.47. The van der Waals surface area contributed by atoms with Crippen LogP contribution in [0.2, 0.25) is 0 Å². The average Bonchev–Trinajstić information content (AvgIpc) is 2.36. The van der Waals surface area contributed by atoms with Gasteiger partial charge < -0.3 is 10.2 Å². The lowest BCUT2D eigenvalue weighted by molar-refractivity contribution is 0.552. The second kappa shape index (κ2) is 7.63. The van der Waals surface area contributed by atoms with Gasteiger partial charge in [-0.05, 0) is 31.4 Å². The van der Waals surface area contributed by atoms with E-state index in [0.717, 1.165) is 24.6 Å². The minimum Gasteiger partial charge on any atom is -0.359 e. The molecule has 0 radical (unpaired) electrons. The zero-order valence-electron chi connectivity index (χ0n) is 14.2. The number of nitrogens with zero attached hydrogens (tertiary/aromatic N) is 2. The minimum absolute atomic E-state index is 0.489. The van der Waals surface area contributed by atoms with Crippen LogP contribution in [0, 0.1) is 19.8 Å². The van der Waals surface area contributed by atoms with E-state index in [9.17, 15) is 0 Å². The van der Waals surface area contributed by atoms with Crippen LogP contribution in [0.4, 0.5) is 5.82 Å². The van der Waals surface area contributed by atoms with E-state index in [2.05, 4.69) is 64.9 Å². The monoisotopic (exact) mass is 277 g/mol. The van der Waals surface area contributed by atoms with Crippen LogP contribution >= 0.6 is 0 Å². The molecule has 1 aromatic rings. The number of hydrogen-bond donors (Lipinski definition) is 1. The molecular weight excluding hydrogens is 246 g/mol. The van der Waals surface area contributed by atoms with Gasteiger partial charge in [0.05, 0.1) is 0 Å². The van der Waals surface area contributed by atoms with Gasteiger partial charge >= 0.3 is 0 Å². The summed E-state index contributed by atoms with van der Waals surface area (Å²) in [5, 5.41) is 3.52. The lowest BCUT2D eigenvalue weighted by Crippen LogP contribution is -2.29. The lowest BCUT2D eigenvalue weighted by atomic mass is 10.1. The molecule has 1 unspecified atom stereocenters. The van der Waals surface area contributed by atoms with Gasteiger partial charge in [0.1, 0.15) is 5.82 Å². The van der Waals surface area contributed by atoms with Crippen molar-refractivity contribution in [2.75, 3.05) is 18.5 Å². The van der Waals surface area contributed by atoms with Crippen LogP contribution in [0.15, 0.2) is 6.07 Å². The summed E-state index contributed by atoms with van der Waals surface area (Å²) in [5.74, 6) is 1.82. The predicted molar refractivity (Wildman–Crippen MR) is 88.4 cm³/mol. The normalized spacial score (nSPS) is 12.8. The van der Waals surface area contributed by atoms with E-state index in [1.54, 1.807) is 0 Å². The Bertz CT molecular complexity index is 426. The van der Waals surface area contributed by atoms with E-state index >= 15 is 0 Å². The third-order valence-electron chi connectivity index (χ3n) is 3.78. The fourth-order valence-corrected chi connectivity index (χ4v) is 2.37. The fourth-order valence-electron chi connectivity index (χ4n) is 2.37. The predicted octanol–water partition coefficient (Wildman–Crippen LogP) is 3.68. The molecule has 1 rings (SSSR count). The highest BCUT2D eigenvalue weighted by molar-refractivity contribution is 5.51. The van der Waals surface area contributed by atoms with Crippen LogP contribution in [0.25, 0.3) is 0 Å². The second-order valence-electron chi connectivity index (χ2n) is 6.31. The van der Waals surface area contributed by atoms with Crippen molar-refractivity contribution in [3.63, 3.8) is 0 Å². The van der Waals surface area contributed by atoms with Crippen LogP contribution in [0.5, 0.6) is 0 Å². The van der Waals surface area contributed by atoms with E-state index in [4.69, 9.17) is 4.98 Å². The van der Waals surface area contributed by atoms with Gasteiger partial charge in [-0.3, -0.25) is 0 Å². The first-order chi connectivity index (χ1) is 9.35. The molecule has 3 nitrogen and oxygen atoms in total. The summed E-state index contributed by atoms with van der Waals surface area (Å²) in [4.78, 5) is 7.10. The molecular formula is C17H31N3. The largest absolute Gasteiger partial charge is 0.359 e. The summed E-state index contributed by atoms with van der Waals surface area (Å²) >= 11 is 0. The lowest BCUT2D eigenvalue weighted by Gasteiger charge is -2.26. The Morgan fingerprint density at radius 1 is 1.25 bits per heavy atom. The van der Waals surface area contributed by atoms with Crippen molar-refractivity contribution in [3.8, 4) is 0 Å². The topological polar surface area (TPSA) is 28.2 Å². The standard InChI is InChI=1S/C17H31N3/c1-8-13(4)11-20(7)17-16(10-18-12(2)3)14(5)9-15(6)19-17/h9,12-13,18H,8,10-11H2,1-7H3. The third kappa shape index (κ3) is 4.78. The summed E-state index contributed by atoms with van der Waals surface area (Å²) < 4.78 is 0. The Morgan fingerprint density at radius 2 is 1.90 bits per heavy atom. The van der Waals surface area contributed by atoms with Crippen molar-refractivity contribution in [1.82, 2.24) is 10.3 Å². The summed E-state index contributed by atoms with van der Waals surface area (Å²) in [6.07, 6.45) is 1.20. The van der Waals surface area contributed by atoms with Crippen LogP contribution in [0.3, 0.4) is 0 Å². The van der Waals surface area contributed by atoms with E-state index in [0.29, 0.717) is 12.0 Å². The molecule has 0 aliphatic rings. The maximum absolute atomic E-state index is 4.79. The molecule has 0 aliphatic heterocycles. The fraction of sp³-hybridized carbons (Fsp3) is 0.706. The second-order valence-corrected chi connectivity index (χ2v) is 6.31. The van der Waals surface area contributed by atoms with Crippen LogP contribution in [0.1, 0.15) is 50.9 Å². The molecule has 0 aliphatic carbocycles. The average molecular weight is 277 g/mol. The van der Waals surface area contributed by atoms with Crippen molar-refractivity contribution in [3.05, 3.63) is 22.9 Å². The van der Waals surface area contributed by atoms with Gasteiger partial charge in [-0.1, -0.05) is 34.1 Å². The Labute approximate surface area is 124 Å². The van der Waals surface area contributed by atoms with Crippen molar-refractivity contribution >= 4 is 5.82 Å². The zero-order chi connectivity index (χ0) is 15.3. The molecule has 3 heteroatoms. The van der Waals surface area contributed by atoms with E-state index in [-0.39, 0.29) is 0 Å². The molecule has 0 saturated carbocycles. The van der Waals surface area contributed by atoms with Gasteiger partial charge in [-0.25, -0.2) is 4.98 Å². The molecule has 0 aromatic carbocycles. The Balaban J connectivity index is 3.02. The molecule has 0 spiro atoms. The summed E-state index contributed by atoms with van der Waals surface area (Å²) in [6, 6.07) is 2.67. The molecule has 0 fully saturated rings. The van der Waals surface area contributed by atoms with Crippen molar-refractivity contribution < 1.29 is 0 Å². The number of aromatic nitrogens is 1. The van der Waals surface area contributed by atoms with Gasteiger partial charge in [-0.15, -0.1) is 0 Å². The zero-order valence-corrected chi connectivity index (χ0v) is 14.2. The van der Waals surface area contributed by atoms with Gasteiger partial charge in [0.15, 0.2) is 0 Å². The molecule has 1 atom stereocenters. The molecule has 0 bridgehead atoms. The van der Waals surface area contributed by atoms with E-state index in [1.807, 2.05) is 0 Å². The van der Waals surface area contributed by atoms with E-state index in [1.165, 1.54) is 17.5 Å². The molecule has 1 aromatic heterocycles. The molecule has 1 heterocycles. The summed E-state index contributed by atoms with van der Waals surface area (Å²) in [5.41, 5.74) is 3.76. The maximum atomic E-state index is 4.79. The summed E-state index contributed by atoms with van der Waals surface area (Å²) in [6.45, 7) is 15.1. The highest BCUT2D eigenvalue weighted by atomic mass is 15.2. The van der Waals surface area contributed by atoms with Gasteiger partial charge in [0.2, 0.25) is 0 Å². The number of anilines is 1. The van der Waals surface area contributed by atoms with Crippen molar-refractivity contribution in [2.24, 2.45) is 5.92 Å². The van der Waals surface area contributed by atoms with Gasteiger partial charge in [0, 0.05) is 37.4 Å².